The Hall–Kier alpha value is -2.24. The second-order valence-corrected chi connectivity index (χ2v) is 4.18. The molecule has 0 fully saturated rings. The molecule has 19 heavy (non-hydrogen) atoms. The molecular weight excluding hydrogens is 249 g/mol. The number of aromatic nitrogens is 3. The summed E-state index contributed by atoms with van der Waals surface area (Å²) in [6.45, 7) is 2.58. The van der Waals surface area contributed by atoms with Gasteiger partial charge in [0.2, 0.25) is 0 Å². The van der Waals surface area contributed by atoms with E-state index in [-0.39, 0.29) is 5.69 Å². The quantitative estimate of drug-likeness (QED) is 0.900. The first-order chi connectivity index (χ1) is 9.13. The Morgan fingerprint density at radius 1 is 1.47 bits per heavy atom. The number of rotatable bonds is 5. The number of halogens is 1. The molecule has 0 bridgehead atoms. The smallest absolute Gasteiger partial charge is 0.358 e. The molecule has 0 unspecified atom stereocenters. The molecule has 1 aromatic carbocycles. The largest absolute Gasteiger partial charge is 0.476 e. The first kappa shape index (κ1) is 13.2. The van der Waals surface area contributed by atoms with Crippen molar-refractivity contribution in [3.05, 3.63) is 35.8 Å². The van der Waals surface area contributed by atoms with E-state index in [1.165, 1.54) is 22.9 Å². The monoisotopic (exact) mass is 263 g/mol. The molecule has 100 valence electrons. The summed E-state index contributed by atoms with van der Waals surface area (Å²) in [6.07, 6.45) is 1.80. The summed E-state index contributed by atoms with van der Waals surface area (Å²) >= 11 is 0. The third-order valence-electron chi connectivity index (χ3n) is 2.76. The zero-order valence-electron chi connectivity index (χ0n) is 10.5. The molecule has 0 amide bonds. The first-order valence-corrected chi connectivity index (χ1v) is 6.06. The van der Waals surface area contributed by atoms with Crippen molar-refractivity contribution < 1.29 is 14.3 Å². The zero-order valence-corrected chi connectivity index (χ0v) is 10.5. The van der Waals surface area contributed by atoms with Crippen molar-refractivity contribution in [1.82, 2.24) is 15.0 Å². The normalized spacial score (nSPS) is 10.6. The van der Waals surface area contributed by atoms with Gasteiger partial charge >= 0.3 is 5.97 Å². The minimum absolute atomic E-state index is 0.151. The van der Waals surface area contributed by atoms with E-state index in [9.17, 15) is 9.18 Å². The molecule has 0 saturated carbocycles. The summed E-state index contributed by atoms with van der Waals surface area (Å²) in [7, 11) is 0. The lowest BCUT2D eigenvalue weighted by Crippen LogP contribution is -2.05. The SMILES string of the molecule is CCCCn1nnc(C(=O)O)c1-c1cccc(F)c1. The lowest BCUT2D eigenvalue weighted by molar-refractivity contribution is 0.0691. The second-order valence-electron chi connectivity index (χ2n) is 4.18. The van der Waals surface area contributed by atoms with Crippen LogP contribution in [0.2, 0.25) is 0 Å². The fourth-order valence-corrected chi connectivity index (χ4v) is 1.84. The summed E-state index contributed by atoms with van der Waals surface area (Å²) in [5.74, 6) is -1.58. The van der Waals surface area contributed by atoms with E-state index in [1.54, 1.807) is 6.07 Å². The third kappa shape index (κ3) is 2.78. The number of aryl methyl sites for hydroxylation is 1. The van der Waals surface area contributed by atoms with Crippen LogP contribution in [0.5, 0.6) is 0 Å². The molecule has 5 nitrogen and oxygen atoms in total. The minimum Gasteiger partial charge on any atom is -0.476 e. The van der Waals surface area contributed by atoms with E-state index in [1.807, 2.05) is 6.92 Å². The van der Waals surface area contributed by atoms with Crippen LogP contribution in [0, 0.1) is 5.82 Å². The Kier molecular flexibility index (Phi) is 3.89. The van der Waals surface area contributed by atoms with Crippen LogP contribution in [0.1, 0.15) is 30.3 Å². The highest BCUT2D eigenvalue weighted by atomic mass is 19.1. The average Bonchev–Trinajstić information content (AvgIpc) is 2.80. The van der Waals surface area contributed by atoms with Crippen molar-refractivity contribution in [3.63, 3.8) is 0 Å². The van der Waals surface area contributed by atoms with Crippen molar-refractivity contribution in [2.24, 2.45) is 0 Å². The summed E-state index contributed by atoms with van der Waals surface area (Å²) in [5.41, 5.74) is 0.667. The molecule has 0 radical (unpaired) electrons. The van der Waals surface area contributed by atoms with Gasteiger partial charge in [-0.2, -0.15) is 0 Å². The zero-order chi connectivity index (χ0) is 13.8. The number of carboxylic acid groups (broad SMARTS) is 1. The molecule has 0 spiro atoms. The van der Waals surface area contributed by atoms with Crippen molar-refractivity contribution in [1.29, 1.82) is 0 Å². The van der Waals surface area contributed by atoms with Gasteiger partial charge in [0, 0.05) is 12.1 Å². The van der Waals surface area contributed by atoms with Crippen LogP contribution in [0.25, 0.3) is 11.3 Å². The Balaban J connectivity index is 2.51. The van der Waals surface area contributed by atoms with E-state index >= 15 is 0 Å². The highest BCUT2D eigenvalue weighted by molar-refractivity contribution is 5.92. The van der Waals surface area contributed by atoms with Crippen LogP contribution in [-0.4, -0.2) is 26.1 Å². The van der Waals surface area contributed by atoms with Crippen molar-refractivity contribution in [3.8, 4) is 11.3 Å². The molecule has 2 aromatic rings. The fourth-order valence-electron chi connectivity index (χ4n) is 1.84. The molecular formula is C13H14FN3O2. The maximum Gasteiger partial charge on any atom is 0.358 e. The highest BCUT2D eigenvalue weighted by Gasteiger charge is 2.20. The number of hydrogen-bond donors (Lipinski definition) is 1. The molecule has 1 N–H and O–H groups in total. The molecule has 6 heteroatoms. The van der Waals surface area contributed by atoms with Crippen LogP contribution < -0.4 is 0 Å². The number of hydrogen-bond acceptors (Lipinski definition) is 3. The van der Waals surface area contributed by atoms with Crippen molar-refractivity contribution in [2.75, 3.05) is 0 Å². The summed E-state index contributed by atoms with van der Waals surface area (Å²) in [6, 6.07) is 5.78. The minimum atomic E-state index is -1.16. The number of carbonyl (C=O) groups is 1. The molecule has 0 aliphatic carbocycles. The molecule has 0 saturated heterocycles. The Bertz CT molecular complexity index is 595. The molecule has 0 aliphatic rings. The Morgan fingerprint density at radius 3 is 2.89 bits per heavy atom. The molecule has 1 aromatic heterocycles. The highest BCUT2D eigenvalue weighted by Crippen LogP contribution is 2.23. The number of unbranched alkanes of at least 4 members (excludes halogenated alkanes) is 1. The lowest BCUT2D eigenvalue weighted by Gasteiger charge is -2.06. The van der Waals surface area contributed by atoms with E-state index in [0.29, 0.717) is 17.8 Å². The van der Waals surface area contributed by atoms with Gasteiger partial charge in [0.05, 0.1) is 0 Å². The first-order valence-electron chi connectivity index (χ1n) is 6.06. The summed E-state index contributed by atoms with van der Waals surface area (Å²) < 4.78 is 14.8. The summed E-state index contributed by atoms with van der Waals surface area (Å²) in [4.78, 5) is 11.2. The standard InChI is InChI=1S/C13H14FN3O2/c1-2-3-7-17-12(11(13(18)19)15-16-17)9-5-4-6-10(14)8-9/h4-6,8H,2-3,7H2,1H3,(H,18,19). The number of nitrogens with zero attached hydrogens (tertiary/aromatic N) is 3. The Labute approximate surface area is 109 Å². The van der Waals surface area contributed by atoms with Gasteiger partial charge in [0.1, 0.15) is 11.5 Å². The van der Waals surface area contributed by atoms with Crippen LogP contribution in [-0.2, 0) is 6.54 Å². The van der Waals surface area contributed by atoms with Crippen LogP contribution in [0.4, 0.5) is 4.39 Å². The lowest BCUT2D eigenvalue weighted by atomic mass is 10.1. The third-order valence-corrected chi connectivity index (χ3v) is 2.76. The van der Waals surface area contributed by atoms with Crippen LogP contribution in [0.3, 0.4) is 0 Å². The van der Waals surface area contributed by atoms with Gasteiger partial charge < -0.3 is 5.11 Å². The van der Waals surface area contributed by atoms with E-state index < -0.39 is 11.8 Å². The van der Waals surface area contributed by atoms with Crippen LogP contribution in [0.15, 0.2) is 24.3 Å². The molecule has 0 aliphatic heterocycles. The molecule has 1 heterocycles. The maximum absolute atomic E-state index is 13.3. The average molecular weight is 263 g/mol. The number of benzene rings is 1. The predicted molar refractivity (Wildman–Crippen MR) is 67.3 cm³/mol. The fraction of sp³-hybridized carbons (Fsp3) is 0.308. The van der Waals surface area contributed by atoms with Gasteiger partial charge in [-0.15, -0.1) is 5.10 Å². The maximum atomic E-state index is 13.3. The van der Waals surface area contributed by atoms with Crippen molar-refractivity contribution in [2.45, 2.75) is 26.3 Å². The van der Waals surface area contributed by atoms with Gasteiger partial charge in [-0.05, 0) is 18.6 Å². The van der Waals surface area contributed by atoms with Crippen LogP contribution >= 0.6 is 0 Å². The van der Waals surface area contributed by atoms with E-state index in [2.05, 4.69) is 10.3 Å². The van der Waals surface area contributed by atoms with Crippen molar-refractivity contribution >= 4 is 5.97 Å². The Morgan fingerprint density at radius 2 is 2.26 bits per heavy atom. The van der Waals surface area contributed by atoms with E-state index in [4.69, 9.17) is 5.11 Å². The van der Waals surface area contributed by atoms with Gasteiger partial charge in [0.25, 0.3) is 0 Å². The predicted octanol–water partition coefficient (Wildman–Crippen LogP) is 2.58. The second kappa shape index (κ2) is 5.60. The summed E-state index contributed by atoms with van der Waals surface area (Å²) in [5, 5.41) is 16.6. The van der Waals surface area contributed by atoms with Gasteiger partial charge in [-0.3, -0.25) is 0 Å². The van der Waals surface area contributed by atoms with Gasteiger partial charge in [0.15, 0.2) is 5.69 Å². The number of aromatic carboxylic acids is 1. The van der Waals surface area contributed by atoms with Gasteiger partial charge in [-0.1, -0.05) is 30.7 Å². The molecule has 2 rings (SSSR count). The molecule has 0 atom stereocenters. The van der Waals surface area contributed by atoms with Gasteiger partial charge in [-0.25, -0.2) is 13.9 Å². The van der Waals surface area contributed by atoms with E-state index in [0.717, 1.165) is 12.8 Å². The topological polar surface area (TPSA) is 68.0 Å². The number of carboxylic acids is 1.